The summed E-state index contributed by atoms with van der Waals surface area (Å²) in [6.45, 7) is 1.35. The molecule has 1 aliphatic rings. The number of sulfonamides is 1. The Kier molecular flexibility index (Phi) is 5.48. The average Bonchev–Trinajstić information content (AvgIpc) is 2.40. The first-order valence-electron chi connectivity index (χ1n) is 5.36. The van der Waals surface area contributed by atoms with Gasteiger partial charge in [-0.05, 0) is 12.1 Å². The van der Waals surface area contributed by atoms with E-state index in [1.807, 2.05) is 0 Å². The quantitative estimate of drug-likeness (QED) is 0.838. The van der Waals surface area contributed by atoms with Gasteiger partial charge in [0.1, 0.15) is 4.90 Å². The first-order valence-corrected chi connectivity index (χ1v) is 6.80. The fraction of sp³-hybridized carbons (Fsp3) is 0.500. The smallest absolute Gasteiger partial charge is 0.244 e. The molecule has 102 valence electrons. The molecule has 1 aromatic rings. The van der Waals surface area contributed by atoms with E-state index in [1.54, 1.807) is 12.3 Å². The van der Waals surface area contributed by atoms with E-state index in [1.165, 1.54) is 16.6 Å². The molecule has 1 aliphatic heterocycles. The first-order chi connectivity index (χ1) is 8.14. The molecule has 8 heteroatoms. The topological polar surface area (TPSA) is 85.5 Å². The normalized spacial score (nSPS) is 21.3. The zero-order valence-corrected chi connectivity index (χ0v) is 11.4. The summed E-state index contributed by atoms with van der Waals surface area (Å²) in [5.74, 6) is 0. The van der Waals surface area contributed by atoms with Crippen LogP contribution in [-0.2, 0) is 14.8 Å². The summed E-state index contributed by atoms with van der Waals surface area (Å²) in [5.41, 5.74) is 5.49. The highest BCUT2D eigenvalue weighted by Gasteiger charge is 2.30. The molecule has 0 spiro atoms. The molecule has 0 saturated carbocycles. The molecule has 1 saturated heterocycles. The third kappa shape index (κ3) is 3.18. The molecule has 0 aliphatic carbocycles. The van der Waals surface area contributed by atoms with Crippen LogP contribution in [0.15, 0.2) is 29.4 Å². The minimum absolute atomic E-state index is 0. The lowest BCUT2D eigenvalue weighted by Crippen LogP contribution is -2.48. The second kappa shape index (κ2) is 6.44. The van der Waals surface area contributed by atoms with E-state index in [2.05, 4.69) is 4.98 Å². The van der Waals surface area contributed by atoms with E-state index in [9.17, 15) is 8.42 Å². The molecular weight excluding hydrogens is 278 g/mol. The number of halogens is 1. The molecule has 0 aromatic carbocycles. The lowest BCUT2D eigenvalue weighted by molar-refractivity contribution is 0.00450. The number of morpholine rings is 1. The third-order valence-corrected chi connectivity index (χ3v) is 4.49. The fourth-order valence-corrected chi connectivity index (χ4v) is 3.12. The highest BCUT2D eigenvalue weighted by Crippen LogP contribution is 2.17. The molecule has 2 rings (SSSR count). The Labute approximate surface area is 113 Å². The Bertz CT molecular complexity index is 469. The molecule has 1 aromatic heterocycles. The van der Waals surface area contributed by atoms with Gasteiger partial charge in [-0.3, -0.25) is 4.98 Å². The second-order valence-corrected chi connectivity index (χ2v) is 5.72. The summed E-state index contributed by atoms with van der Waals surface area (Å²) in [7, 11) is -3.47. The van der Waals surface area contributed by atoms with Gasteiger partial charge in [-0.2, -0.15) is 4.31 Å². The van der Waals surface area contributed by atoms with Gasteiger partial charge in [-0.15, -0.1) is 12.4 Å². The van der Waals surface area contributed by atoms with Gasteiger partial charge in [0.15, 0.2) is 0 Å². The maximum absolute atomic E-state index is 12.2. The number of nitrogens with zero attached hydrogens (tertiary/aromatic N) is 2. The van der Waals surface area contributed by atoms with E-state index >= 15 is 0 Å². The van der Waals surface area contributed by atoms with Gasteiger partial charge in [-0.1, -0.05) is 0 Å². The molecule has 1 atom stereocenters. The highest BCUT2D eigenvalue weighted by molar-refractivity contribution is 7.89. The first kappa shape index (κ1) is 15.3. The molecular formula is C10H16ClN3O3S. The monoisotopic (exact) mass is 293 g/mol. The average molecular weight is 294 g/mol. The fourth-order valence-electron chi connectivity index (χ4n) is 1.70. The summed E-state index contributed by atoms with van der Waals surface area (Å²) in [4.78, 5) is 4.03. The summed E-state index contributed by atoms with van der Waals surface area (Å²) in [6, 6.07) is 3.14. The van der Waals surface area contributed by atoms with Crippen molar-refractivity contribution in [2.75, 3.05) is 26.2 Å². The van der Waals surface area contributed by atoms with Crippen LogP contribution in [0.1, 0.15) is 0 Å². The number of aromatic nitrogens is 1. The van der Waals surface area contributed by atoms with Crippen LogP contribution in [0.4, 0.5) is 0 Å². The van der Waals surface area contributed by atoms with E-state index in [0.717, 1.165) is 0 Å². The van der Waals surface area contributed by atoms with Crippen molar-refractivity contribution >= 4 is 22.4 Å². The van der Waals surface area contributed by atoms with Crippen LogP contribution in [0.25, 0.3) is 0 Å². The van der Waals surface area contributed by atoms with Gasteiger partial charge in [-0.25, -0.2) is 8.42 Å². The van der Waals surface area contributed by atoms with Crippen molar-refractivity contribution in [3.8, 4) is 0 Å². The summed E-state index contributed by atoms with van der Waals surface area (Å²) >= 11 is 0. The molecule has 6 nitrogen and oxygen atoms in total. The van der Waals surface area contributed by atoms with E-state index < -0.39 is 10.0 Å². The lowest BCUT2D eigenvalue weighted by atomic mass is 10.3. The van der Waals surface area contributed by atoms with Crippen LogP contribution >= 0.6 is 12.4 Å². The molecule has 1 fully saturated rings. The van der Waals surface area contributed by atoms with E-state index in [4.69, 9.17) is 10.5 Å². The summed E-state index contributed by atoms with van der Waals surface area (Å²) < 4.78 is 31.2. The second-order valence-electron chi connectivity index (χ2n) is 3.78. The van der Waals surface area contributed by atoms with Crippen molar-refractivity contribution in [3.63, 3.8) is 0 Å². The summed E-state index contributed by atoms with van der Waals surface area (Å²) in [6.07, 6.45) is 2.67. The molecule has 0 radical (unpaired) electrons. The lowest BCUT2D eigenvalue weighted by Gasteiger charge is -2.31. The largest absolute Gasteiger partial charge is 0.374 e. The van der Waals surface area contributed by atoms with Crippen LogP contribution in [0.3, 0.4) is 0 Å². The standard InChI is InChI=1S/C10H15N3O3S.ClH/c11-6-9-8-13(4-5-16-9)17(14,15)10-2-1-3-12-7-10;/h1-3,7,9H,4-6,8,11H2;1H. The van der Waals surface area contributed by atoms with E-state index in [-0.39, 0.29) is 23.4 Å². The Balaban J connectivity index is 0.00000162. The van der Waals surface area contributed by atoms with Crippen LogP contribution in [0.5, 0.6) is 0 Å². The van der Waals surface area contributed by atoms with Gasteiger partial charge >= 0.3 is 0 Å². The predicted octanol–water partition coefficient (Wildman–Crippen LogP) is -0.148. The maximum Gasteiger partial charge on any atom is 0.244 e. The van der Waals surface area contributed by atoms with Crippen molar-refractivity contribution in [1.29, 1.82) is 0 Å². The van der Waals surface area contributed by atoms with Crippen molar-refractivity contribution in [2.24, 2.45) is 5.73 Å². The molecule has 18 heavy (non-hydrogen) atoms. The molecule has 1 unspecified atom stereocenters. The molecule has 2 N–H and O–H groups in total. The number of hydrogen-bond acceptors (Lipinski definition) is 5. The Hall–Kier alpha value is -0.730. The molecule has 2 heterocycles. The van der Waals surface area contributed by atoms with Gasteiger partial charge in [0.05, 0.1) is 12.7 Å². The minimum Gasteiger partial charge on any atom is -0.374 e. The zero-order valence-electron chi connectivity index (χ0n) is 9.73. The van der Waals surface area contributed by atoms with Crippen molar-refractivity contribution < 1.29 is 13.2 Å². The number of rotatable bonds is 3. The Morgan fingerprint density at radius 1 is 1.56 bits per heavy atom. The van der Waals surface area contributed by atoms with Gasteiger partial charge < -0.3 is 10.5 Å². The van der Waals surface area contributed by atoms with Crippen molar-refractivity contribution in [2.45, 2.75) is 11.0 Å². The SMILES string of the molecule is Cl.NCC1CN(S(=O)(=O)c2cccnc2)CCO1. The Morgan fingerprint density at radius 3 is 2.94 bits per heavy atom. The van der Waals surface area contributed by atoms with Crippen LogP contribution in [0.2, 0.25) is 0 Å². The maximum atomic E-state index is 12.2. The number of hydrogen-bond donors (Lipinski definition) is 1. The highest BCUT2D eigenvalue weighted by atomic mass is 35.5. The third-order valence-electron chi connectivity index (χ3n) is 2.64. The number of nitrogens with two attached hydrogens (primary N) is 1. The van der Waals surface area contributed by atoms with Gasteiger partial charge in [0.25, 0.3) is 0 Å². The zero-order chi connectivity index (χ0) is 12.3. The molecule has 0 bridgehead atoms. The van der Waals surface area contributed by atoms with Crippen molar-refractivity contribution in [3.05, 3.63) is 24.5 Å². The van der Waals surface area contributed by atoms with Crippen LogP contribution < -0.4 is 5.73 Å². The summed E-state index contributed by atoms with van der Waals surface area (Å²) in [5, 5.41) is 0. The predicted molar refractivity (Wildman–Crippen MR) is 69.0 cm³/mol. The van der Waals surface area contributed by atoms with Crippen LogP contribution in [0, 0.1) is 0 Å². The van der Waals surface area contributed by atoms with E-state index in [0.29, 0.717) is 26.2 Å². The number of ether oxygens (including phenoxy) is 1. The van der Waals surface area contributed by atoms with Crippen molar-refractivity contribution in [1.82, 2.24) is 9.29 Å². The Morgan fingerprint density at radius 2 is 2.33 bits per heavy atom. The van der Waals surface area contributed by atoms with Crippen LogP contribution in [-0.4, -0.2) is 50.1 Å². The van der Waals surface area contributed by atoms with Gasteiger partial charge in [0, 0.05) is 32.0 Å². The molecule has 0 amide bonds. The van der Waals surface area contributed by atoms with Gasteiger partial charge in [0.2, 0.25) is 10.0 Å². The number of pyridine rings is 1. The minimum atomic E-state index is -3.47.